The van der Waals surface area contributed by atoms with Gasteiger partial charge >= 0.3 is 12.1 Å². The van der Waals surface area contributed by atoms with Crippen LogP contribution in [-0.2, 0) is 22.2 Å². The fourth-order valence-corrected chi connectivity index (χ4v) is 5.68. The molecule has 1 amide bonds. The minimum atomic E-state index is -4.78. The van der Waals surface area contributed by atoms with Crippen LogP contribution in [0.3, 0.4) is 0 Å². The fraction of sp³-hybridized carbons (Fsp3) is 0.457. The predicted octanol–water partition coefficient (Wildman–Crippen LogP) is 7.01. The van der Waals surface area contributed by atoms with E-state index in [1.165, 1.54) is 6.07 Å². The van der Waals surface area contributed by atoms with Crippen LogP contribution in [0.5, 0.6) is 0 Å². The zero-order valence-electron chi connectivity index (χ0n) is 27.4. The highest BCUT2D eigenvalue weighted by atomic mass is 19.4. The van der Waals surface area contributed by atoms with Crippen molar-refractivity contribution >= 4 is 11.9 Å². The smallest absolute Gasteiger partial charge is 0.416 e. The maximum Gasteiger partial charge on any atom is 0.416 e. The Hall–Kier alpha value is -3.99. The Morgan fingerprint density at radius 2 is 1.63 bits per heavy atom. The Bertz CT molecular complexity index is 1610. The SMILES string of the molecule is Cc1cc(-c2c(C)cccc2C)cc([C@H](CC(=O)O)NC(=O)[C@H](CCC(C)C)n2cc(CCN(C)C)c(C(F)(F)F)cc2=O)c1F. The highest BCUT2D eigenvalue weighted by Crippen LogP contribution is 2.35. The van der Waals surface area contributed by atoms with Gasteiger partial charge in [0.25, 0.3) is 5.56 Å². The first kappa shape index (κ1) is 36.5. The van der Waals surface area contributed by atoms with Crippen LogP contribution in [0.15, 0.2) is 47.4 Å². The summed E-state index contributed by atoms with van der Waals surface area (Å²) in [5.74, 6) is -2.69. The first-order valence-electron chi connectivity index (χ1n) is 15.3. The monoisotopic (exact) mass is 645 g/mol. The Balaban J connectivity index is 2.15. The minimum Gasteiger partial charge on any atom is -0.481 e. The van der Waals surface area contributed by atoms with Gasteiger partial charge in [-0.3, -0.25) is 14.4 Å². The number of carboxylic acids is 1. The number of aryl methyl sites for hydroxylation is 3. The average molecular weight is 646 g/mol. The zero-order valence-corrected chi connectivity index (χ0v) is 27.4. The van der Waals surface area contributed by atoms with E-state index in [1.54, 1.807) is 32.0 Å². The number of aromatic nitrogens is 1. The Morgan fingerprint density at radius 3 is 2.17 bits per heavy atom. The lowest BCUT2D eigenvalue weighted by molar-refractivity contribution is -0.139. The zero-order chi connectivity index (χ0) is 34.5. The number of benzene rings is 2. The highest BCUT2D eigenvalue weighted by molar-refractivity contribution is 5.82. The molecule has 2 atom stereocenters. The summed E-state index contributed by atoms with van der Waals surface area (Å²) < 4.78 is 58.5. The molecular weight excluding hydrogens is 602 g/mol. The van der Waals surface area contributed by atoms with Crippen LogP contribution >= 0.6 is 0 Å². The van der Waals surface area contributed by atoms with Gasteiger partial charge in [0.1, 0.15) is 11.9 Å². The van der Waals surface area contributed by atoms with E-state index in [-0.39, 0.29) is 42.0 Å². The number of carboxylic acid groups (broad SMARTS) is 1. The number of amides is 1. The fourth-order valence-electron chi connectivity index (χ4n) is 5.68. The van der Waals surface area contributed by atoms with E-state index in [0.29, 0.717) is 18.1 Å². The number of hydrogen-bond donors (Lipinski definition) is 2. The van der Waals surface area contributed by atoms with E-state index in [0.717, 1.165) is 27.5 Å². The minimum absolute atomic E-state index is 0.0299. The summed E-state index contributed by atoms with van der Waals surface area (Å²) in [5.41, 5.74) is 1.34. The molecule has 0 spiro atoms. The molecule has 11 heteroatoms. The molecule has 0 bridgehead atoms. The molecule has 2 aromatic carbocycles. The number of carbonyl (C=O) groups is 2. The standard InChI is InChI=1S/C35H43F4N3O4/c1-20(2)11-12-29(42-19-24(13-14-41(6)7)27(17-30(42)43)35(37,38)39)34(46)40-28(18-31(44)45)26-16-25(15-23(5)33(26)36)32-21(3)9-8-10-22(32)4/h8-10,15-17,19-20,28-29H,11-14,18H2,1-7H3,(H,40,46)(H,44,45)/t28-,29-/m0/s1. The van der Waals surface area contributed by atoms with E-state index < -0.39 is 53.5 Å². The molecule has 3 aromatic rings. The summed E-state index contributed by atoms with van der Waals surface area (Å²) in [6.45, 7) is 9.43. The third kappa shape index (κ3) is 9.05. The van der Waals surface area contributed by atoms with Crippen molar-refractivity contribution in [3.05, 3.63) is 92.1 Å². The van der Waals surface area contributed by atoms with Crippen molar-refractivity contribution in [2.24, 2.45) is 5.92 Å². The Morgan fingerprint density at radius 1 is 1.00 bits per heavy atom. The van der Waals surface area contributed by atoms with Crippen molar-refractivity contribution in [1.29, 1.82) is 0 Å². The molecule has 0 aliphatic rings. The molecule has 0 saturated carbocycles. The van der Waals surface area contributed by atoms with Gasteiger partial charge in [0.15, 0.2) is 0 Å². The quantitative estimate of drug-likeness (QED) is 0.195. The summed E-state index contributed by atoms with van der Waals surface area (Å²) >= 11 is 0. The van der Waals surface area contributed by atoms with Gasteiger partial charge in [0.2, 0.25) is 5.91 Å². The summed E-state index contributed by atoms with van der Waals surface area (Å²) in [5, 5.41) is 12.4. The molecule has 2 N–H and O–H groups in total. The molecule has 46 heavy (non-hydrogen) atoms. The highest BCUT2D eigenvalue weighted by Gasteiger charge is 2.36. The van der Waals surface area contributed by atoms with E-state index in [1.807, 2.05) is 45.9 Å². The van der Waals surface area contributed by atoms with Crippen molar-refractivity contribution in [3.63, 3.8) is 0 Å². The number of nitrogens with zero attached hydrogens (tertiary/aromatic N) is 2. The van der Waals surface area contributed by atoms with E-state index >= 15 is 4.39 Å². The van der Waals surface area contributed by atoms with Gasteiger partial charge < -0.3 is 19.9 Å². The normalized spacial score (nSPS) is 13.2. The average Bonchev–Trinajstić information content (AvgIpc) is 2.93. The number of pyridine rings is 1. The van der Waals surface area contributed by atoms with Crippen LogP contribution in [-0.4, -0.2) is 47.1 Å². The van der Waals surface area contributed by atoms with Crippen LogP contribution in [0.1, 0.15) is 78.6 Å². The number of nitrogens with one attached hydrogen (secondary N) is 1. The molecule has 0 radical (unpaired) electrons. The maximum absolute atomic E-state index is 15.7. The molecule has 1 heterocycles. The van der Waals surface area contributed by atoms with Crippen molar-refractivity contribution < 1.29 is 32.3 Å². The van der Waals surface area contributed by atoms with Gasteiger partial charge in [-0.1, -0.05) is 32.0 Å². The third-order valence-electron chi connectivity index (χ3n) is 8.08. The second kappa shape index (κ2) is 15.1. The third-order valence-corrected chi connectivity index (χ3v) is 8.08. The molecule has 7 nitrogen and oxygen atoms in total. The Kier molecular flexibility index (Phi) is 11.9. The number of carbonyl (C=O) groups excluding carboxylic acids is 1. The number of likely N-dealkylation sites (N-methyl/N-ethyl adjacent to an activating group) is 1. The van der Waals surface area contributed by atoms with E-state index in [4.69, 9.17) is 0 Å². The van der Waals surface area contributed by atoms with Gasteiger partial charge in [-0.2, -0.15) is 13.2 Å². The first-order valence-corrected chi connectivity index (χ1v) is 15.3. The largest absolute Gasteiger partial charge is 0.481 e. The number of rotatable bonds is 13. The lowest BCUT2D eigenvalue weighted by Gasteiger charge is -2.26. The van der Waals surface area contributed by atoms with Crippen molar-refractivity contribution in [1.82, 2.24) is 14.8 Å². The van der Waals surface area contributed by atoms with Crippen molar-refractivity contribution in [2.45, 2.75) is 78.6 Å². The molecule has 0 saturated heterocycles. The summed E-state index contributed by atoms with van der Waals surface area (Å²) in [7, 11) is 3.42. The van der Waals surface area contributed by atoms with Gasteiger partial charge in [-0.25, -0.2) is 4.39 Å². The van der Waals surface area contributed by atoms with Crippen LogP contribution in [0, 0.1) is 32.5 Å². The van der Waals surface area contributed by atoms with Gasteiger partial charge in [-0.05, 0) is 106 Å². The molecular formula is C35H43F4N3O4. The van der Waals surface area contributed by atoms with Crippen LogP contribution in [0.2, 0.25) is 0 Å². The van der Waals surface area contributed by atoms with Crippen LogP contribution in [0.4, 0.5) is 17.6 Å². The molecule has 0 unspecified atom stereocenters. The molecule has 1 aromatic heterocycles. The van der Waals surface area contributed by atoms with Crippen molar-refractivity contribution in [3.8, 4) is 11.1 Å². The summed E-state index contributed by atoms with van der Waals surface area (Å²) in [4.78, 5) is 40.9. The number of halogens is 4. The topological polar surface area (TPSA) is 91.6 Å². The molecule has 250 valence electrons. The second-order valence-corrected chi connectivity index (χ2v) is 12.6. The Labute approximate surface area is 267 Å². The summed E-state index contributed by atoms with van der Waals surface area (Å²) in [6.07, 6.45) is -3.86. The van der Waals surface area contributed by atoms with Gasteiger partial charge in [0.05, 0.1) is 18.0 Å². The van der Waals surface area contributed by atoms with Crippen LogP contribution < -0.4 is 10.9 Å². The molecule has 0 fully saturated rings. The summed E-state index contributed by atoms with van der Waals surface area (Å²) in [6, 6.07) is 6.81. The molecule has 0 aliphatic carbocycles. The lowest BCUT2D eigenvalue weighted by Crippen LogP contribution is -2.40. The maximum atomic E-state index is 15.7. The molecule has 3 rings (SSSR count). The number of hydrogen-bond acceptors (Lipinski definition) is 4. The van der Waals surface area contributed by atoms with Crippen LogP contribution in [0.25, 0.3) is 11.1 Å². The first-order chi connectivity index (χ1) is 21.4. The molecule has 0 aliphatic heterocycles. The number of alkyl halides is 3. The van der Waals surface area contributed by atoms with Crippen molar-refractivity contribution in [2.75, 3.05) is 20.6 Å². The number of aliphatic carboxylic acids is 1. The van der Waals surface area contributed by atoms with E-state index in [9.17, 15) is 32.7 Å². The van der Waals surface area contributed by atoms with Gasteiger partial charge in [0, 0.05) is 24.4 Å². The van der Waals surface area contributed by atoms with Gasteiger partial charge in [-0.15, -0.1) is 0 Å². The second-order valence-electron chi connectivity index (χ2n) is 12.6. The predicted molar refractivity (Wildman–Crippen MR) is 170 cm³/mol. The lowest BCUT2D eigenvalue weighted by atomic mass is 9.90. The van der Waals surface area contributed by atoms with E-state index in [2.05, 4.69) is 5.32 Å².